The quantitative estimate of drug-likeness (QED) is 0.448. The molecule has 0 saturated carbocycles. The van der Waals surface area contributed by atoms with Crippen molar-refractivity contribution >= 4 is 8.80 Å². The van der Waals surface area contributed by atoms with Gasteiger partial charge in [0.2, 0.25) is 0 Å². The monoisotopic (exact) mass is 307 g/mol. The molecule has 1 unspecified atom stereocenters. The van der Waals surface area contributed by atoms with Crippen LogP contribution < -0.4 is 0 Å². The van der Waals surface area contributed by atoms with E-state index in [2.05, 4.69) is 4.90 Å². The van der Waals surface area contributed by atoms with Gasteiger partial charge < -0.3 is 28.0 Å². The molecule has 0 aromatic rings. The Balaban J connectivity index is 2.05. The Morgan fingerprint density at radius 3 is 2.25 bits per heavy atom. The number of aliphatic hydroxyl groups is 1. The van der Waals surface area contributed by atoms with E-state index in [1.54, 1.807) is 21.3 Å². The Kier molecular flexibility index (Phi) is 8.86. The van der Waals surface area contributed by atoms with Crippen LogP contribution in [0.4, 0.5) is 0 Å². The SMILES string of the molecule is CO[Si](CCCOCC(O)CN1CCCC1)(OC)OC. The first-order chi connectivity index (χ1) is 9.65. The van der Waals surface area contributed by atoms with E-state index in [0.717, 1.165) is 25.6 Å². The highest BCUT2D eigenvalue weighted by Crippen LogP contribution is 2.15. The summed E-state index contributed by atoms with van der Waals surface area (Å²) < 4.78 is 21.5. The van der Waals surface area contributed by atoms with Crippen LogP contribution in [0.25, 0.3) is 0 Å². The van der Waals surface area contributed by atoms with Crippen molar-refractivity contribution in [1.29, 1.82) is 0 Å². The summed E-state index contributed by atoms with van der Waals surface area (Å²) in [6.07, 6.45) is 2.89. The lowest BCUT2D eigenvalue weighted by atomic mass is 10.3. The minimum atomic E-state index is -2.47. The molecule has 1 aliphatic rings. The van der Waals surface area contributed by atoms with Gasteiger partial charge in [-0.3, -0.25) is 0 Å². The maximum Gasteiger partial charge on any atom is 0.500 e. The van der Waals surface area contributed by atoms with Crippen molar-refractivity contribution in [2.75, 3.05) is 54.2 Å². The van der Waals surface area contributed by atoms with Crippen LogP contribution in [-0.2, 0) is 18.0 Å². The second-order valence-corrected chi connectivity index (χ2v) is 8.23. The summed E-state index contributed by atoms with van der Waals surface area (Å²) in [6.45, 7) is 3.88. The van der Waals surface area contributed by atoms with E-state index in [1.165, 1.54) is 12.8 Å². The third-order valence-corrected chi connectivity index (χ3v) is 6.51. The van der Waals surface area contributed by atoms with Crippen molar-refractivity contribution < 1.29 is 23.1 Å². The number of ether oxygens (including phenoxy) is 1. The van der Waals surface area contributed by atoms with Gasteiger partial charge in [0, 0.05) is 40.5 Å². The number of aliphatic hydroxyl groups excluding tert-OH is 1. The van der Waals surface area contributed by atoms with Crippen LogP contribution in [0.1, 0.15) is 19.3 Å². The molecule has 0 spiro atoms. The molecule has 0 amide bonds. The predicted octanol–water partition coefficient (Wildman–Crippen LogP) is 0.728. The summed E-state index contributed by atoms with van der Waals surface area (Å²) >= 11 is 0. The zero-order valence-electron chi connectivity index (χ0n) is 13.0. The number of likely N-dealkylation sites (tertiary alicyclic amines) is 1. The molecule has 1 atom stereocenters. The van der Waals surface area contributed by atoms with Gasteiger partial charge in [0.25, 0.3) is 0 Å². The summed E-state index contributed by atoms with van der Waals surface area (Å²) in [5.41, 5.74) is 0. The maximum atomic E-state index is 9.88. The predicted molar refractivity (Wildman–Crippen MR) is 78.7 cm³/mol. The number of hydrogen-bond acceptors (Lipinski definition) is 6. The number of β-amino-alcohol motifs (C(OH)–C–C–N with tert-alkyl or cyclic N) is 1. The molecule has 1 saturated heterocycles. The first kappa shape index (κ1) is 18.0. The lowest BCUT2D eigenvalue weighted by Gasteiger charge is -2.24. The summed E-state index contributed by atoms with van der Waals surface area (Å²) in [5, 5.41) is 9.88. The van der Waals surface area contributed by atoms with Gasteiger partial charge in [0.05, 0.1) is 12.7 Å². The van der Waals surface area contributed by atoms with Crippen LogP contribution in [0.5, 0.6) is 0 Å². The Morgan fingerprint density at radius 2 is 1.70 bits per heavy atom. The van der Waals surface area contributed by atoms with Crippen LogP contribution >= 0.6 is 0 Å². The van der Waals surface area contributed by atoms with Gasteiger partial charge in [-0.05, 0) is 32.4 Å². The van der Waals surface area contributed by atoms with Crippen LogP contribution in [0.15, 0.2) is 0 Å². The molecule has 0 radical (unpaired) electrons. The molecule has 20 heavy (non-hydrogen) atoms. The molecule has 0 aromatic carbocycles. The Hall–Kier alpha value is -0.0231. The molecule has 6 nitrogen and oxygen atoms in total. The molecule has 1 heterocycles. The molecular formula is C13H29NO5Si. The average Bonchev–Trinajstić information content (AvgIpc) is 2.96. The first-order valence-electron chi connectivity index (χ1n) is 7.29. The van der Waals surface area contributed by atoms with E-state index in [1.807, 2.05) is 0 Å². The highest BCUT2D eigenvalue weighted by Gasteiger charge is 2.36. The molecule has 7 heteroatoms. The zero-order chi connectivity index (χ0) is 14.8. The summed E-state index contributed by atoms with van der Waals surface area (Å²) in [4.78, 5) is 2.28. The van der Waals surface area contributed by atoms with Crippen molar-refractivity contribution in [1.82, 2.24) is 4.90 Å². The Labute approximate surface area is 123 Å². The molecule has 1 fully saturated rings. The third-order valence-electron chi connectivity index (χ3n) is 3.68. The molecule has 1 rings (SSSR count). The summed E-state index contributed by atoms with van der Waals surface area (Å²) in [6, 6.07) is 0.721. The maximum absolute atomic E-state index is 9.88. The van der Waals surface area contributed by atoms with E-state index < -0.39 is 14.9 Å². The number of hydrogen-bond donors (Lipinski definition) is 1. The number of rotatable bonds is 11. The third kappa shape index (κ3) is 6.17. The Bertz CT molecular complexity index is 239. The van der Waals surface area contributed by atoms with E-state index in [0.29, 0.717) is 19.8 Å². The minimum Gasteiger partial charge on any atom is -0.389 e. The second-order valence-electron chi connectivity index (χ2n) is 5.14. The normalized spacial score (nSPS) is 18.6. The van der Waals surface area contributed by atoms with E-state index in [-0.39, 0.29) is 0 Å². The minimum absolute atomic E-state index is 0.387. The highest BCUT2D eigenvalue weighted by atomic mass is 28.4. The molecule has 0 aromatic heterocycles. The average molecular weight is 307 g/mol. The zero-order valence-corrected chi connectivity index (χ0v) is 14.0. The van der Waals surface area contributed by atoms with Crippen LogP contribution in [0.2, 0.25) is 6.04 Å². The first-order valence-corrected chi connectivity index (χ1v) is 9.22. The van der Waals surface area contributed by atoms with Crippen LogP contribution in [0, 0.1) is 0 Å². The topological polar surface area (TPSA) is 60.4 Å². The lowest BCUT2D eigenvalue weighted by molar-refractivity contribution is 0.0192. The fraction of sp³-hybridized carbons (Fsp3) is 1.00. The summed E-state index contributed by atoms with van der Waals surface area (Å²) in [5.74, 6) is 0. The van der Waals surface area contributed by atoms with Crippen LogP contribution in [-0.4, -0.2) is 79.1 Å². The molecule has 120 valence electrons. The largest absolute Gasteiger partial charge is 0.500 e. The Morgan fingerprint density at radius 1 is 1.10 bits per heavy atom. The fourth-order valence-electron chi connectivity index (χ4n) is 2.48. The standard InChI is InChI=1S/C13H29NO5Si/c1-16-20(17-2,18-3)10-6-9-19-12-13(15)11-14-7-4-5-8-14/h13,15H,4-12H2,1-3H3. The van der Waals surface area contributed by atoms with Crippen molar-refractivity contribution in [3.63, 3.8) is 0 Å². The number of nitrogens with zero attached hydrogens (tertiary/aromatic N) is 1. The molecular weight excluding hydrogens is 278 g/mol. The van der Waals surface area contributed by atoms with E-state index >= 15 is 0 Å². The van der Waals surface area contributed by atoms with Crippen molar-refractivity contribution in [2.45, 2.75) is 31.4 Å². The van der Waals surface area contributed by atoms with Gasteiger partial charge in [-0.15, -0.1) is 0 Å². The molecule has 1 aliphatic heterocycles. The van der Waals surface area contributed by atoms with Gasteiger partial charge in [0.1, 0.15) is 0 Å². The summed E-state index contributed by atoms with van der Waals surface area (Å²) in [7, 11) is 2.36. The van der Waals surface area contributed by atoms with E-state index in [4.69, 9.17) is 18.0 Å². The van der Waals surface area contributed by atoms with Crippen molar-refractivity contribution in [3.8, 4) is 0 Å². The van der Waals surface area contributed by atoms with Gasteiger partial charge in [-0.1, -0.05) is 0 Å². The van der Waals surface area contributed by atoms with Gasteiger partial charge in [0.15, 0.2) is 0 Å². The molecule has 0 bridgehead atoms. The van der Waals surface area contributed by atoms with Crippen LogP contribution in [0.3, 0.4) is 0 Å². The highest BCUT2D eigenvalue weighted by molar-refractivity contribution is 6.60. The van der Waals surface area contributed by atoms with Gasteiger partial charge >= 0.3 is 8.80 Å². The van der Waals surface area contributed by atoms with Gasteiger partial charge in [-0.25, -0.2) is 0 Å². The molecule has 1 N–H and O–H groups in total. The second kappa shape index (κ2) is 9.83. The fourth-order valence-corrected chi connectivity index (χ4v) is 4.17. The van der Waals surface area contributed by atoms with Gasteiger partial charge in [-0.2, -0.15) is 0 Å². The van der Waals surface area contributed by atoms with Crippen molar-refractivity contribution in [3.05, 3.63) is 0 Å². The molecule has 0 aliphatic carbocycles. The smallest absolute Gasteiger partial charge is 0.389 e. The lowest BCUT2D eigenvalue weighted by Crippen LogP contribution is -2.42. The van der Waals surface area contributed by atoms with E-state index in [9.17, 15) is 5.11 Å². The van der Waals surface area contributed by atoms with Crippen molar-refractivity contribution in [2.24, 2.45) is 0 Å².